The van der Waals surface area contributed by atoms with E-state index in [2.05, 4.69) is 25.7 Å². The Kier molecular flexibility index (Phi) is 4.39. The van der Waals surface area contributed by atoms with Crippen molar-refractivity contribution in [3.8, 4) is 5.82 Å². The summed E-state index contributed by atoms with van der Waals surface area (Å²) in [6.07, 6.45) is 3.87. The quantitative estimate of drug-likeness (QED) is 0.465. The average molecular weight is 394 g/mol. The van der Waals surface area contributed by atoms with Gasteiger partial charge in [0.05, 0.1) is 12.4 Å². The van der Waals surface area contributed by atoms with Crippen molar-refractivity contribution >= 4 is 28.9 Å². The number of hydrogen-bond acceptors (Lipinski definition) is 7. The molecule has 29 heavy (non-hydrogen) atoms. The number of carbonyl (C=O) groups excluding carboxylic acids is 1. The number of nitrogens with one attached hydrogen (secondary N) is 2. The van der Waals surface area contributed by atoms with Gasteiger partial charge in [0.2, 0.25) is 0 Å². The third-order valence-corrected chi connectivity index (χ3v) is 4.16. The van der Waals surface area contributed by atoms with Crippen LogP contribution in [0.1, 0.15) is 10.4 Å². The first kappa shape index (κ1) is 18.1. The van der Waals surface area contributed by atoms with E-state index in [-0.39, 0.29) is 22.7 Å². The van der Waals surface area contributed by atoms with Crippen molar-refractivity contribution in [3.05, 3.63) is 70.7 Å². The van der Waals surface area contributed by atoms with E-state index in [1.807, 2.05) is 0 Å². The maximum atomic E-state index is 13.1. The molecule has 4 rings (SSSR count). The van der Waals surface area contributed by atoms with E-state index in [0.717, 1.165) is 6.20 Å². The first-order valence-electron chi connectivity index (χ1n) is 8.45. The van der Waals surface area contributed by atoms with Gasteiger partial charge in [0.1, 0.15) is 34.5 Å². The minimum absolute atomic E-state index is 0.145. The van der Waals surface area contributed by atoms with Gasteiger partial charge in [-0.25, -0.2) is 14.4 Å². The molecule has 0 spiro atoms. The molecule has 0 aliphatic carbocycles. The molecule has 0 radical (unpaired) electrons. The summed E-state index contributed by atoms with van der Waals surface area (Å²) >= 11 is 0. The van der Waals surface area contributed by atoms with E-state index >= 15 is 0 Å². The maximum absolute atomic E-state index is 13.1. The number of nitrogens with zero attached hydrogens (tertiary/aromatic N) is 5. The number of carbonyl (C=O) groups is 1. The summed E-state index contributed by atoms with van der Waals surface area (Å²) < 4.78 is 15.8. The largest absolute Gasteiger partial charge is 0.373 e. The highest BCUT2D eigenvalue weighted by atomic mass is 19.1. The van der Waals surface area contributed by atoms with E-state index in [9.17, 15) is 14.0 Å². The smallest absolute Gasteiger partial charge is 0.279 e. The molecule has 0 saturated heterocycles. The van der Waals surface area contributed by atoms with Crippen LogP contribution >= 0.6 is 0 Å². The Bertz CT molecular complexity index is 1280. The molecule has 11 heteroatoms. The van der Waals surface area contributed by atoms with Gasteiger partial charge in [0.15, 0.2) is 5.65 Å². The zero-order valence-electron chi connectivity index (χ0n) is 15.1. The number of rotatable bonds is 5. The van der Waals surface area contributed by atoms with Crippen molar-refractivity contribution in [2.75, 3.05) is 17.7 Å². The van der Waals surface area contributed by atoms with Crippen molar-refractivity contribution < 1.29 is 9.18 Å². The van der Waals surface area contributed by atoms with Crippen molar-refractivity contribution in [2.45, 2.75) is 0 Å². The van der Waals surface area contributed by atoms with Crippen LogP contribution in [0, 0.1) is 5.82 Å². The van der Waals surface area contributed by atoms with E-state index in [0.29, 0.717) is 11.6 Å². The van der Waals surface area contributed by atoms with E-state index in [4.69, 9.17) is 5.73 Å². The van der Waals surface area contributed by atoms with Crippen molar-refractivity contribution in [3.63, 3.8) is 0 Å². The highest BCUT2D eigenvalue weighted by Crippen LogP contribution is 2.20. The van der Waals surface area contributed by atoms with Gasteiger partial charge >= 0.3 is 0 Å². The highest BCUT2D eigenvalue weighted by Gasteiger charge is 2.15. The zero-order valence-corrected chi connectivity index (χ0v) is 15.1. The summed E-state index contributed by atoms with van der Waals surface area (Å²) in [5.41, 5.74) is 5.55. The summed E-state index contributed by atoms with van der Waals surface area (Å²) in [6.45, 7) is 0. The second-order valence-corrected chi connectivity index (χ2v) is 5.99. The van der Waals surface area contributed by atoms with E-state index in [1.54, 1.807) is 25.2 Å². The molecule has 4 aromatic rings. The third-order valence-electron chi connectivity index (χ3n) is 4.16. The first-order valence-corrected chi connectivity index (χ1v) is 8.45. The van der Waals surface area contributed by atoms with Gasteiger partial charge in [-0.3, -0.25) is 14.2 Å². The molecule has 1 amide bonds. The topological polar surface area (TPSA) is 132 Å². The molecular formula is C18H15FN8O2. The van der Waals surface area contributed by atoms with E-state index < -0.39 is 17.3 Å². The van der Waals surface area contributed by atoms with Crippen LogP contribution in [0.5, 0.6) is 0 Å². The van der Waals surface area contributed by atoms with Gasteiger partial charge in [-0.2, -0.15) is 9.61 Å². The van der Waals surface area contributed by atoms with Gasteiger partial charge in [-0.1, -0.05) is 0 Å². The van der Waals surface area contributed by atoms with Crippen LogP contribution in [-0.2, 0) is 0 Å². The Hall–Kier alpha value is -4.28. The van der Waals surface area contributed by atoms with Gasteiger partial charge < -0.3 is 16.4 Å². The number of hydrogen-bond donors (Lipinski definition) is 3. The van der Waals surface area contributed by atoms with Gasteiger partial charge in [0, 0.05) is 19.3 Å². The lowest BCUT2D eigenvalue weighted by Crippen LogP contribution is -2.21. The van der Waals surface area contributed by atoms with Crippen LogP contribution in [-0.4, -0.2) is 37.1 Å². The molecule has 4 N–H and O–H groups in total. The zero-order chi connectivity index (χ0) is 20.5. The molecule has 146 valence electrons. The molecule has 4 aromatic heterocycles. The number of amides is 1. The number of pyridine rings is 2. The number of anilines is 3. The SMILES string of the molecule is CNc1cc(Nc2cccn(-c3ccc(F)cn3)c2=O)nc2c(C(N)=O)cnn12. The van der Waals surface area contributed by atoms with E-state index in [1.165, 1.54) is 33.6 Å². The molecule has 0 atom stereocenters. The van der Waals surface area contributed by atoms with Crippen molar-refractivity contribution in [1.82, 2.24) is 24.1 Å². The minimum atomic E-state index is -0.670. The minimum Gasteiger partial charge on any atom is -0.373 e. The third kappa shape index (κ3) is 3.25. The standard InChI is InChI=1S/C18H15FN8O2/c1-21-15-7-13(25-17-11(16(20)28)9-23-27(15)17)24-12-3-2-6-26(18(12)29)14-5-4-10(19)8-22-14/h2-9,21H,1H3,(H2,20,28)(H,24,25). The van der Waals surface area contributed by atoms with Crippen LogP contribution in [0.4, 0.5) is 21.7 Å². The van der Waals surface area contributed by atoms with Crippen LogP contribution < -0.4 is 21.9 Å². The predicted octanol–water partition coefficient (Wildman–Crippen LogP) is 1.30. The van der Waals surface area contributed by atoms with Gasteiger partial charge in [-0.05, 0) is 24.3 Å². The number of fused-ring (bicyclic) bond motifs is 1. The molecule has 0 saturated carbocycles. The summed E-state index contributed by atoms with van der Waals surface area (Å²) in [6, 6.07) is 7.44. The summed E-state index contributed by atoms with van der Waals surface area (Å²) in [5.74, 6) is -0.0743. The lowest BCUT2D eigenvalue weighted by atomic mass is 10.3. The molecule has 10 nitrogen and oxygen atoms in total. The Labute approximate surface area is 162 Å². The average Bonchev–Trinajstić information content (AvgIpc) is 3.14. The Balaban J connectivity index is 1.78. The number of halogens is 1. The second kappa shape index (κ2) is 7.03. The monoisotopic (exact) mass is 394 g/mol. The normalized spacial score (nSPS) is 10.8. The second-order valence-electron chi connectivity index (χ2n) is 5.99. The Morgan fingerprint density at radius 1 is 1.24 bits per heavy atom. The van der Waals surface area contributed by atoms with Gasteiger partial charge in [-0.15, -0.1) is 0 Å². The molecular weight excluding hydrogens is 379 g/mol. The number of aromatic nitrogens is 5. The molecule has 0 fully saturated rings. The number of nitrogens with two attached hydrogens (primary N) is 1. The summed E-state index contributed by atoms with van der Waals surface area (Å²) in [7, 11) is 1.68. The Morgan fingerprint density at radius 3 is 2.76 bits per heavy atom. The lowest BCUT2D eigenvalue weighted by Gasteiger charge is -2.11. The lowest BCUT2D eigenvalue weighted by molar-refractivity contribution is 0.100. The van der Waals surface area contributed by atoms with Crippen LogP contribution in [0.15, 0.2) is 53.7 Å². The molecule has 0 unspecified atom stereocenters. The van der Waals surface area contributed by atoms with Gasteiger partial charge in [0.25, 0.3) is 11.5 Å². The molecule has 0 aromatic carbocycles. The van der Waals surface area contributed by atoms with Crippen molar-refractivity contribution in [2.24, 2.45) is 5.73 Å². The fourth-order valence-corrected chi connectivity index (χ4v) is 2.80. The fraction of sp³-hybridized carbons (Fsp3) is 0.0556. The van der Waals surface area contributed by atoms with Crippen LogP contribution in [0.3, 0.4) is 0 Å². The number of primary amides is 1. The predicted molar refractivity (Wildman–Crippen MR) is 104 cm³/mol. The first-order chi connectivity index (χ1) is 14.0. The van der Waals surface area contributed by atoms with Crippen molar-refractivity contribution in [1.29, 1.82) is 0 Å². The maximum Gasteiger partial charge on any atom is 0.279 e. The Morgan fingerprint density at radius 2 is 2.07 bits per heavy atom. The molecule has 4 heterocycles. The fourth-order valence-electron chi connectivity index (χ4n) is 2.80. The van der Waals surface area contributed by atoms with Crippen LogP contribution in [0.2, 0.25) is 0 Å². The molecule has 0 bridgehead atoms. The molecule has 0 aliphatic heterocycles. The van der Waals surface area contributed by atoms with Crippen LogP contribution in [0.25, 0.3) is 11.5 Å². The molecule has 0 aliphatic rings. The summed E-state index contributed by atoms with van der Waals surface area (Å²) in [5, 5.41) is 9.98. The highest BCUT2D eigenvalue weighted by molar-refractivity contribution is 5.98. The summed E-state index contributed by atoms with van der Waals surface area (Å²) in [4.78, 5) is 32.7.